The molecule has 0 bridgehead atoms. The first-order chi connectivity index (χ1) is 8.70. The molecule has 0 fully saturated rings. The lowest BCUT2D eigenvalue weighted by Crippen LogP contribution is -2.09. The quantitative estimate of drug-likeness (QED) is 0.919. The van der Waals surface area contributed by atoms with Gasteiger partial charge < -0.3 is 5.32 Å². The van der Waals surface area contributed by atoms with Crippen molar-refractivity contribution in [3.63, 3.8) is 0 Å². The minimum Gasteiger partial charge on any atom is -0.320 e. The van der Waals surface area contributed by atoms with Crippen molar-refractivity contribution < 1.29 is 4.79 Å². The highest BCUT2D eigenvalue weighted by Crippen LogP contribution is 2.29. The zero-order chi connectivity index (χ0) is 13.0. The minimum atomic E-state index is -0.0870. The maximum Gasteiger partial charge on any atom is 0.265 e. The van der Waals surface area contributed by atoms with Gasteiger partial charge in [0.2, 0.25) is 0 Å². The van der Waals surface area contributed by atoms with E-state index in [1.165, 1.54) is 16.2 Å². The number of nitrogens with zero attached hydrogens (tertiary/aromatic N) is 1. The van der Waals surface area contributed by atoms with Crippen LogP contribution in [0.2, 0.25) is 0 Å². The highest BCUT2D eigenvalue weighted by molar-refractivity contribution is 9.10. The highest BCUT2D eigenvalue weighted by atomic mass is 79.9. The number of aromatic nitrogens is 1. The van der Waals surface area contributed by atoms with Crippen LogP contribution in [0, 0.1) is 0 Å². The number of nitrogens with one attached hydrogen (secondary N) is 1. The Morgan fingerprint density at radius 2 is 2.39 bits per heavy atom. The fourth-order valence-corrected chi connectivity index (χ4v) is 3.42. The number of carbonyl (C=O) groups is 1. The largest absolute Gasteiger partial charge is 0.320 e. The molecule has 2 heterocycles. The van der Waals surface area contributed by atoms with Crippen molar-refractivity contribution in [1.82, 2.24) is 4.98 Å². The lowest BCUT2D eigenvalue weighted by Gasteiger charge is -2.01. The molecule has 1 amide bonds. The summed E-state index contributed by atoms with van der Waals surface area (Å²) < 4.78 is 1.02. The van der Waals surface area contributed by atoms with E-state index in [2.05, 4.69) is 33.2 Å². The molecule has 5 heteroatoms. The van der Waals surface area contributed by atoms with Crippen LogP contribution in [-0.2, 0) is 6.42 Å². The number of thiophene rings is 1. The van der Waals surface area contributed by atoms with E-state index in [4.69, 9.17) is 0 Å². The standard InChI is InChI=1S/C13H13BrN2OS/c1-2-4-11-10(14)7-12(18-11)13(17)16-9-5-3-6-15-8-9/h3,5-8H,2,4H2,1H3,(H,16,17). The van der Waals surface area contributed by atoms with Crippen LogP contribution in [0.4, 0.5) is 5.69 Å². The maximum atomic E-state index is 12.0. The zero-order valence-electron chi connectivity index (χ0n) is 9.94. The molecule has 0 saturated carbocycles. The fourth-order valence-electron chi connectivity index (χ4n) is 1.55. The average molecular weight is 325 g/mol. The van der Waals surface area contributed by atoms with E-state index in [9.17, 15) is 4.79 Å². The Kier molecular flexibility index (Phi) is 4.49. The van der Waals surface area contributed by atoms with Gasteiger partial charge in [0.15, 0.2) is 0 Å². The van der Waals surface area contributed by atoms with E-state index in [-0.39, 0.29) is 5.91 Å². The molecule has 0 saturated heterocycles. The van der Waals surface area contributed by atoms with Crippen LogP contribution in [0.5, 0.6) is 0 Å². The summed E-state index contributed by atoms with van der Waals surface area (Å²) in [6, 6.07) is 5.49. The molecule has 1 N–H and O–H groups in total. The molecule has 0 aliphatic heterocycles. The second-order valence-corrected chi connectivity index (χ2v) is 5.82. The van der Waals surface area contributed by atoms with Gasteiger partial charge in [-0.3, -0.25) is 9.78 Å². The third-order valence-electron chi connectivity index (χ3n) is 2.38. The molecule has 0 unspecified atom stereocenters. The number of aryl methyl sites for hydroxylation is 1. The molecule has 2 aromatic heterocycles. The molecule has 0 spiro atoms. The summed E-state index contributed by atoms with van der Waals surface area (Å²) >= 11 is 5.02. The number of halogens is 1. The predicted molar refractivity (Wildman–Crippen MR) is 78.2 cm³/mol. The molecule has 0 aromatic carbocycles. The van der Waals surface area contributed by atoms with E-state index in [1.54, 1.807) is 18.5 Å². The van der Waals surface area contributed by atoms with Gasteiger partial charge in [-0.25, -0.2) is 0 Å². The van der Waals surface area contributed by atoms with Crippen LogP contribution < -0.4 is 5.32 Å². The van der Waals surface area contributed by atoms with Crippen LogP contribution in [0.25, 0.3) is 0 Å². The molecule has 0 radical (unpaired) electrons. The van der Waals surface area contributed by atoms with Crippen molar-refractivity contribution >= 4 is 38.9 Å². The molecule has 18 heavy (non-hydrogen) atoms. The summed E-state index contributed by atoms with van der Waals surface area (Å²) in [4.78, 5) is 17.9. The Balaban J connectivity index is 2.12. The third kappa shape index (κ3) is 3.17. The summed E-state index contributed by atoms with van der Waals surface area (Å²) in [5, 5.41) is 2.83. The van der Waals surface area contributed by atoms with Crippen molar-refractivity contribution in [1.29, 1.82) is 0 Å². The number of pyridine rings is 1. The second kappa shape index (κ2) is 6.11. The Labute approximate surface area is 118 Å². The molecule has 0 aliphatic rings. The van der Waals surface area contributed by atoms with Crippen molar-refractivity contribution in [2.45, 2.75) is 19.8 Å². The topological polar surface area (TPSA) is 42.0 Å². The van der Waals surface area contributed by atoms with Gasteiger partial charge in [0.25, 0.3) is 5.91 Å². The predicted octanol–water partition coefficient (Wildman–Crippen LogP) is 4.11. The van der Waals surface area contributed by atoms with Crippen molar-refractivity contribution in [2.75, 3.05) is 5.32 Å². The molecule has 0 aliphatic carbocycles. The van der Waals surface area contributed by atoms with E-state index in [1.807, 2.05) is 12.1 Å². The smallest absolute Gasteiger partial charge is 0.265 e. The van der Waals surface area contributed by atoms with Gasteiger partial charge in [-0.2, -0.15) is 0 Å². The summed E-state index contributed by atoms with van der Waals surface area (Å²) in [5.74, 6) is -0.0870. The first-order valence-corrected chi connectivity index (χ1v) is 7.31. The van der Waals surface area contributed by atoms with Gasteiger partial charge in [-0.15, -0.1) is 11.3 Å². The maximum absolute atomic E-state index is 12.0. The summed E-state index contributed by atoms with van der Waals surface area (Å²) in [6.07, 6.45) is 5.37. The molecule has 3 nitrogen and oxygen atoms in total. The third-order valence-corrected chi connectivity index (χ3v) is 4.54. The number of amides is 1. The zero-order valence-corrected chi connectivity index (χ0v) is 12.3. The lowest BCUT2D eigenvalue weighted by atomic mass is 10.3. The number of hydrogen-bond acceptors (Lipinski definition) is 3. The van der Waals surface area contributed by atoms with Gasteiger partial charge >= 0.3 is 0 Å². The van der Waals surface area contributed by atoms with E-state index < -0.39 is 0 Å². The lowest BCUT2D eigenvalue weighted by molar-refractivity contribution is 0.103. The van der Waals surface area contributed by atoms with Gasteiger partial charge in [-0.1, -0.05) is 13.3 Å². The van der Waals surface area contributed by atoms with Gasteiger partial charge in [0.05, 0.1) is 16.8 Å². The summed E-state index contributed by atoms with van der Waals surface area (Å²) in [5.41, 5.74) is 0.712. The van der Waals surface area contributed by atoms with Crippen molar-refractivity contribution in [3.8, 4) is 0 Å². The summed E-state index contributed by atoms with van der Waals surface area (Å²) in [7, 11) is 0. The first kappa shape index (κ1) is 13.2. The monoisotopic (exact) mass is 324 g/mol. The molecule has 2 rings (SSSR count). The molecular weight excluding hydrogens is 312 g/mol. The normalized spacial score (nSPS) is 10.3. The number of anilines is 1. The minimum absolute atomic E-state index is 0.0870. The summed E-state index contributed by atoms with van der Waals surface area (Å²) in [6.45, 7) is 2.13. The number of hydrogen-bond donors (Lipinski definition) is 1. The number of rotatable bonds is 4. The molecule has 2 aromatic rings. The Hall–Kier alpha value is -1.20. The van der Waals surface area contributed by atoms with Gasteiger partial charge in [-0.05, 0) is 40.5 Å². The average Bonchev–Trinajstić information content (AvgIpc) is 2.73. The first-order valence-electron chi connectivity index (χ1n) is 5.70. The Morgan fingerprint density at radius 3 is 3.06 bits per heavy atom. The van der Waals surface area contributed by atoms with Crippen LogP contribution in [0.3, 0.4) is 0 Å². The van der Waals surface area contributed by atoms with Crippen LogP contribution in [-0.4, -0.2) is 10.9 Å². The van der Waals surface area contributed by atoms with E-state index in [0.29, 0.717) is 10.6 Å². The van der Waals surface area contributed by atoms with Crippen molar-refractivity contribution in [3.05, 3.63) is 44.8 Å². The van der Waals surface area contributed by atoms with Gasteiger partial charge in [0.1, 0.15) is 0 Å². The molecule has 94 valence electrons. The van der Waals surface area contributed by atoms with Gasteiger partial charge in [0, 0.05) is 15.5 Å². The molecular formula is C13H13BrN2OS. The SMILES string of the molecule is CCCc1sc(C(=O)Nc2cccnc2)cc1Br. The van der Waals surface area contributed by atoms with Crippen LogP contribution in [0.15, 0.2) is 35.1 Å². The van der Waals surface area contributed by atoms with E-state index in [0.717, 1.165) is 17.3 Å². The Bertz CT molecular complexity index is 539. The fraction of sp³-hybridized carbons (Fsp3) is 0.231. The highest BCUT2D eigenvalue weighted by Gasteiger charge is 2.13. The van der Waals surface area contributed by atoms with Crippen molar-refractivity contribution in [2.24, 2.45) is 0 Å². The number of carbonyl (C=O) groups excluding carboxylic acids is 1. The Morgan fingerprint density at radius 1 is 1.56 bits per heavy atom. The second-order valence-electron chi connectivity index (χ2n) is 3.83. The molecule has 0 atom stereocenters. The van der Waals surface area contributed by atoms with Crippen LogP contribution >= 0.6 is 27.3 Å². The van der Waals surface area contributed by atoms with E-state index >= 15 is 0 Å². The van der Waals surface area contributed by atoms with Crippen LogP contribution in [0.1, 0.15) is 27.9 Å².